The normalized spacial score (nSPS) is 21.5. The highest BCUT2D eigenvalue weighted by Gasteiger charge is 2.41. The predicted octanol–water partition coefficient (Wildman–Crippen LogP) is 2.98. The highest BCUT2D eigenvalue weighted by molar-refractivity contribution is 7.98. The maximum atomic E-state index is 12.7. The van der Waals surface area contributed by atoms with Crippen molar-refractivity contribution in [3.63, 3.8) is 0 Å². The number of carbonyl (C=O) groups excluding carboxylic acids is 1. The first-order chi connectivity index (χ1) is 12.6. The quantitative estimate of drug-likeness (QED) is 0.798. The van der Waals surface area contributed by atoms with Crippen molar-refractivity contribution in [3.05, 3.63) is 35.5 Å². The number of phenolic OH excluding ortho intramolecular Hbond substituents is 1. The van der Waals surface area contributed by atoms with E-state index in [0.717, 1.165) is 17.7 Å². The molecular weight excluding hydrogens is 352 g/mol. The highest BCUT2D eigenvalue weighted by atomic mass is 32.2. The number of aromatic hydroxyl groups is 1. The Kier molecular flexibility index (Phi) is 4.36. The first kappa shape index (κ1) is 17.0. The Morgan fingerprint density at radius 3 is 3.08 bits per heavy atom. The summed E-state index contributed by atoms with van der Waals surface area (Å²) in [6, 6.07) is 4.89. The minimum Gasteiger partial charge on any atom is -0.504 e. The van der Waals surface area contributed by atoms with Crippen LogP contribution in [-0.4, -0.2) is 38.5 Å². The summed E-state index contributed by atoms with van der Waals surface area (Å²) >= 11 is 1.46. The summed E-state index contributed by atoms with van der Waals surface area (Å²) in [5.41, 5.74) is 1.74. The third-order valence-corrected chi connectivity index (χ3v) is 5.23. The van der Waals surface area contributed by atoms with E-state index < -0.39 is 0 Å². The topological polar surface area (TPSA) is 89.3 Å². The fourth-order valence-electron chi connectivity index (χ4n) is 3.56. The van der Waals surface area contributed by atoms with Gasteiger partial charge in [-0.1, -0.05) is 23.9 Å². The summed E-state index contributed by atoms with van der Waals surface area (Å²) in [5.74, 6) is 0.954. The average molecular weight is 372 g/mol. The van der Waals surface area contributed by atoms with Gasteiger partial charge in [0.05, 0.1) is 18.6 Å². The number of nitrogens with one attached hydrogen (secondary N) is 1. The molecule has 0 unspecified atom stereocenters. The van der Waals surface area contributed by atoms with Crippen molar-refractivity contribution in [1.82, 2.24) is 14.8 Å². The Balaban J connectivity index is 1.87. The zero-order valence-corrected chi connectivity index (χ0v) is 15.4. The van der Waals surface area contributed by atoms with Crippen LogP contribution in [0.5, 0.6) is 11.5 Å². The number of allylic oxidation sites excluding steroid dienone is 2. The van der Waals surface area contributed by atoms with Gasteiger partial charge in [-0.3, -0.25) is 4.79 Å². The van der Waals surface area contributed by atoms with Gasteiger partial charge >= 0.3 is 0 Å². The van der Waals surface area contributed by atoms with E-state index in [0.29, 0.717) is 29.9 Å². The van der Waals surface area contributed by atoms with Crippen LogP contribution >= 0.6 is 11.8 Å². The van der Waals surface area contributed by atoms with Crippen molar-refractivity contribution < 1.29 is 14.6 Å². The molecule has 2 aromatic rings. The van der Waals surface area contributed by atoms with Crippen LogP contribution < -0.4 is 10.1 Å². The fraction of sp³-hybridized carbons (Fsp3) is 0.389. The molecule has 8 heteroatoms. The molecule has 2 heterocycles. The molecule has 0 saturated carbocycles. The minimum absolute atomic E-state index is 0.0823. The Labute approximate surface area is 155 Å². The Bertz CT molecular complexity index is 893. The second-order valence-corrected chi connectivity index (χ2v) is 7.01. The summed E-state index contributed by atoms with van der Waals surface area (Å²) < 4.78 is 7.31. The molecule has 1 aliphatic carbocycles. The van der Waals surface area contributed by atoms with E-state index in [1.165, 1.54) is 11.8 Å². The smallest absolute Gasteiger partial charge is 0.227 e. The van der Waals surface area contributed by atoms with Crippen LogP contribution in [0, 0.1) is 5.92 Å². The summed E-state index contributed by atoms with van der Waals surface area (Å²) in [7, 11) is 0. The fourth-order valence-corrected chi connectivity index (χ4v) is 3.91. The third-order valence-electron chi connectivity index (χ3n) is 4.69. The van der Waals surface area contributed by atoms with Crippen molar-refractivity contribution in [3.8, 4) is 11.5 Å². The average Bonchev–Trinajstić information content (AvgIpc) is 3.05. The van der Waals surface area contributed by atoms with Crippen LogP contribution in [0.25, 0.3) is 0 Å². The van der Waals surface area contributed by atoms with Gasteiger partial charge < -0.3 is 15.2 Å². The lowest BCUT2D eigenvalue weighted by molar-refractivity contribution is -0.123. The van der Waals surface area contributed by atoms with Crippen LogP contribution in [0.2, 0.25) is 0 Å². The second kappa shape index (κ2) is 6.68. The van der Waals surface area contributed by atoms with Crippen LogP contribution in [0.4, 0.5) is 5.95 Å². The van der Waals surface area contributed by atoms with Crippen LogP contribution in [0.15, 0.2) is 35.1 Å². The number of carbonyl (C=O) groups is 1. The molecule has 0 radical (unpaired) electrons. The first-order valence-electron chi connectivity index (χ1n) is 8.58. The SMILES string of the molecule is CCOc1cc([C@@H]2[C@H]3C(=O)CCC=C3Nc3nc(SC)nn32)ccc1O. The number of ether oxygens (including phenoxy) is 1. The zero-order valence-electron chi connectivity index (χ0n) is 14.6. The molecule has 26 heavy (non-hydrogen) atoms. The van der Waals surface area contributed by atoms with Crippen molar-refractivity contribution in [2.24, 2.45) is 5.92 Å². The van der Waals surface area contributed by atoms with Gasteiger partial charge in [0.25, 0.3) is 0 Å². The second-order valence-electron chi connectivity index (χ2n) is 6.24. The van der Waals surface area contributed by atoms with Gasteiger partial charge in [-0.05, 0) is 37.3 Å². The number of hydrogen-bond donors (Lipinski definition) is 2. The van der Waals surface area contributed by atoms with E-state index >= 15 is 0 Å². The maximum absolute atomic E-state index is 12.7. The van der Waals surface area contributed by atoms with E-state index in [-0.39, 0.29) is 23.5 Å². The molecule has 0 spiro atoms. The Hall–Kier alpha value is -2.48. The largest absolute Gasteiger partial charge is 0.504 e. The number of Topliss-reactive ketones (excluding diaryl/α,β-unsaturated/α-hetero) is 1. The van der Waals surface area contributed by atoms with E-state index in [9.17, 15) is 9.90 Å². The summed E-state index contributed by atoms with van der Waals surface area (Å²) in [4.78, 5) is 17.3. The third kappa shape index (κ3) is 2.74. The van der Waals surface area contributed by atoms with Crippen molar-refractivity contribution >= 4 is 23.5 Å². The number of ketones is 1. The van der Waals surface area contributed by atoms with Gasteiger partial charge in [0.1, 0.15) is 5.78 Å². The Morgan fingerprint density at radius 1 is 1.46 bits per heavy atom. The molecule has 1 aromatic carbocycles. The molecule has 0 amide bonds. The summed E-state index contributed by atoms with van der Waals surface area (Å²) in [5, 5.41) is 18.5. The van der Waals surface area contributed by atoms with E-state index in [2.05, 4.69) is 21.5 Å². The number of rotatable bonds is 4. The van der Waals surface area contributed by atoms with E-state index in [1.54, 1.807) is 16.8 Å². The van der Waals surface area contributed by atoms with Gasteiger partial charge in [-0.2, -0.15) is 4.98 Å². The molecule has 136 valence electrons. The minimum atomic E-state index is -0.341. The molecule has 0 fully saturated rings. The molecule has 2 atom stereocenters. The molecule has 1 aromatic heterocycles. The van der Waals surface area contributed by atoms with Crippen LogP contribution in [-0.2, 0) is 4.79 Å². The Morgan fingerprint density at radius 2 is 2.31 bits per heavy atom. The molecule has 2 aliphatic rings. The number of nitrogens with zero attached hydrogens (tertiary/aromatic N) is 3. The van der Waals surface area contributed by atoms with Gasteiger partial charge in [0.2, 0.25) is 11.1 Å². The van der Waals surface area contributed by atoms with Crippen LogP contribution in [0.3, 0.4) is 0 Å². The first-order valence-corrected chi connectivity index (χ1v) is 9.81. The predicted molar refractivity (Wildman–Crippen MR) is 98.7 cm³/mol. The van der Waals surface area contributed by atoms with Gasteiger partial charge in [-0.15, -0.1) is 5.10 Å². The van der Waals surface area contributed by atoms with Crippen LogP contribution in [0.1, 0.15) is 31.4 Å². The molecule has 0 bridgehead atoms. The number of phenols is 1. The molecule has 1 aliphatic heterocycles. The number of hydrogen-bond acceptors (Lipinski definition) is 7. The standard InChI is InChI=1S/C18H20N4O3S/c1-3-25-14-9-10(7-8-12(14)23)16-15-11(5-4-6-13(15)24)19-17-20-18(26-2)21-22(16)17/h5,7-9,15-16,23H,3-4,6H2,1-2H3,(H,19,20,21)/t15-,16-/m1/s1. The summed E-state index contributed by atoms with van der Waals surface area (Å²) in [6.07, 6.45) is 5.23. The lowest BCUT2D eigenvalue weighted by atomic mass is 9.81. The molecule has 7 nitrogen and oxygen atoms in total. The van der Waals surface area contributed by atoms with Gasteiger partial charge in [0, 0.05) is 12.1 Å². The van der Waals surface area contributed by atoms with Gasteiger partial charge in [0.15, 0.2) is 11.5 Å². The number of aromatic nitrogens is 3. The maximum Gasteiger partial charge on any atom is 0.227 e. The van der Waals surface area contributed by atoms with Crippen molar-refractivity contribution in [1.29, 1.82) is 0 Å². The zero-order chi connectivity index (χ0) is 18.3. The highest BCUT2D eigenvalue weighted by Crippen LogP contribution is 2.43. The van der Waals surface area contributed by atoms with Gasteiger partial charge in [-0.25, -0.2) is 4.68 Å². The number of anilines is 1. The lowest BCUT2D eigenvalue weighted by Crippen LogP contribution is -2.38. The number of fused-ring (bicyclic) bond motifs is 2. The van der Waals surface area contributed by atoms with E-state index in [4.69, 9.17) is 4.74 Å². The van der Waals surface area contributed by atoms with Crippen molar-refractivity contribution in [2.45, 2.75) is 31.0 Å². The number of thioether (sulfide) groups is 1. The molecule has 4 rings (SSSR count). The number of benzene rings is 1. The molecular formula is C18H20N4O3S. The summed E-state index contributed by atoms with van der Waals surface area (Å²) in [6.45, 7) is 2.31. The van der Waals surface area contributed by atoms with Crippen molar-refractivity contribution in [2.75, 3.05) is 18.2 Å². The van der Waals surface area contributed by atoms with E-state index in [1.807, 2.05) is 19.2 Å². The molecule has 2 N–H and O–H groups in total. The lowest BCUT2D eigenvalue weighted by Gasteiger charge is -2.36. The molecule has 0 saturated heterocycles. The monoisotopic (exact) mass is 372 g/mol.